The van der Waals surface area contributed by atoms with E-state index in [4.69, 9.17) is 19.2 Å². The molecule has 2 N–H and O–H groups in total. The third-order valence-electron chi connectivity index (χ3n) is 5.27. The van der Waals surface area contributed by atoms with Gasteiger partial charge in [-0.05, 0) is 44.4 Å². The summed E-state index contributed by atoms with van der Waals surface area (Å²) in [6, 6.07) is 8.06. The maximum Gasteiger partial charge on any atom is 0.316 e. The molecule has 2 aromatic heterocycles. The van der Waals surface area contributed by atoms with E-state index in [-0.39, 0.29) is 18.4 Å². The van der Waals surface area contributed by atoms with Crippen molar-refractivity contribution in [3.8, 4) is 28.7 Å². The zero-order valence-electron chi connectivity index (χ0n) is 18.9. The number of benzene rings is 1. The van der Waals surface area contributed by atoms with Gasteiger partial charge in [0.1, 0.15) is 12.4 Å². The number of rotatable bonds is 8. The molecule has 0 bridgehead atoms. The van der Waals surface area contributed by atoms with Crippen molar-refractivity contribution in [1.82, 2.24) is 24.8 Å². The molecule has 0 radical (unpaired) electrons. The highest BCUT2D eigenvalue weighted by molar-refractivity contribution is 5.76. The molecule has 3 aromatic rings. The Morgan fingerprint density at radius 1 is 1.18 bits per heavy atom. The van der Waals surface area contributed by atoms with Gasteiger partial charge >= 0.3 is 6.01 Å². The summed E-state index contributed by atoms with van der Waals surface area (Å²) in [5.74, 6) is 0.120. The van der Waals surface area contributed by atoms with Gasteiger partial charge in [0, 0.05) is 23.7 Å². The lowest BCUT2D eigenvalue weighted by Crippen LogP contribution is -2.39. The number of ether oxygens (including phenoxy) is 3. The molecule has 3 heterocycles. The van der Waals surface area contributed by atoms with E-state index < -0.39 is 11.7 Å². The number of nitrogens with zero attached hydrogens (tertiary/aromatic N) is 4. The van der Waals surface area contributed by atoms with Crippen LogP contribution in [0.25, 0.3) is 22.6 Å². The molecule has 1 fully saturated rings. The van der Waals surface area contributed by atoms with Crippen LogP contribution in [0.2, 0.25) is 0 Å². The number of aliphatic hydroxyl groups is 1. The second kappa shape index (κ2) is 9.92. The Hall–Kier alpha value is -2.92. The highest BCUT2D eigenvalue weighted by Gasteiger charge is 2.34. The van der Waals surface area contributed by atoms with Gasteiger partial charge in [-0.3, -0.25) is 0 Å². The zero-order valence-corrected chi connectivity index (χ0v) is 18.9. The average Bonchev–Trinajstić information content (AvgIpc) is 3.25. The second-order valence-corrected chi connectivity index (χ2v) is 8.65. The van der Waals surface area contributed by atoms with E-state index in [9.17, 15) is 9.50 Å². The molecular formula is C23H28FN5O4. The molecule has 9 nitrogen and oxygen atoms in total. The summed E-state index contributed by atoms with van der Waals surface area (Å²) in [6.07, 6.45) is 0.887. The Morgan fingerprint density at radius 2 is 1.91 bits per heavy atom. The van der Waals surface area contributed by atoms with E-state index in [0.29, 0.717) is 48.3 Å². The van der Waals surface area contributed by atoms with Gasteiger partial charge < -0.3 is 29.2 Å². The molecular weight excluding hydrogens is 429 g/mol. The summed E-state index contributed by atoms with van der Waals surface area (Å²) in [7, 11) is 3.92. The monoisotopic (exact) mass is 457 g/mol. The SMILES string of the molecule is CN(C)CCOc1nccc(-c2[nH]c(C3OCC(C)(CO)CO3)nc2-c2ccc(F)cc2)n1. The number of aliphatic hydroxyl groups excluding tert-OH is 1. The van der Waals surface area contributed by atoms with Crippen molar-refractivity contribution < 1.29 is 23.7 Å². The van der Waals surface area contributed by atoms with E-state index in [2.05, 4.69) is 15.0 Å². The predicted octanol–water partition coefficient (Wildman–Crippen LogP) is 2.66. The Balaban J connectivity index is 1.66. The normalized spacial score (nSPS) is 20.8. The summed E-state index contributed by atoms with van der Waals surface area (Å²) in [4.78, 5) is 18.7. The Bertz CT molecular complexity index is 1060. The van der Waals surface area contributed by atoms with Crippen molar-refractivity contribution in [3.05, 3.63) is 48.2 Å². The highest BCUT2D eigenvalue weighted by atomic mass is 19.1. The fourth-order valence-electron chi connectivity index (χ4n) is 3.27. The predicted molar refractivity (Wildman–Crippen MR) is 119 cm³/mol. The summed E-state index contributed by atoms with van der Waals surface area (Å²) < 4.78 is 30.9. The van der Waals surface area contributed by atoms with Crippen molar-refractivity contribution in [3.63, 3.8) is 0 Å². The van der Waals surface area contributed by atoms with E-state index in [1.165, 1.54) is 12.1 Å². The van der Waals surface area contributed by atoms with Crippen molar-refractivity contribution in [2.75, 3.05) is 47.1 Å². The first-order chi connectivity index (χ1) is 15.9. The molecule has 176 valence electrons. The number of nitrogens with one attached hydrogen (secondary N) is 1. The van der Waals surface area contributed by atoms with E-state index in [1.807, 2.05) is 25.9 Å². The van der Waals surface area contributed by atoms with Gasteiger partial charge in [-0.1, -0.05) is 6.92 Å². The molecule has 1 aromatic carbocycles. The number of hydrogen-bond acceptors (Lipinski definition) is 8. The molecule has 0 unspecified atom stereocenters. The largest absolute Gasteiger partial charge is 0.462 e. The molecule has 1 saturated heterocycles. The topological polar surface area (TPSA) is 106 Å². The first-order valence-corrected chi connectivity index (χ1v) is 10.7. The van der Waals surface area contributed by atoms with Crippen LogP contribution in [0.3, 0.4) is 0 Å². The molecule has 0 saturated carbocycles. The van der Waals surface area contributed by atoms with Crippen LogP contribution in [0.15, 0.2) is 36.5 Å². The molecule has 33 heavy (non-hydrogen) atoms. The van der Waals surface area contributed by atoms with Crippen molar-refractivity contribution in [2.45, 2.75) is 13.2 Å². The van der Waals surface area contributed by atoms with Crippen LogP contribution < -0.4 is 4.74 Å². The summed E-state index contributed by atoms with van der Waals surface area (Å²) in [6.45, 7) is 3.68. The van der Waals surface area contributed by atoms with Gasteiger partial charge in [-0.15, -0.1) is 0 Å². The van der Waals surface area contributed by atoms with Crippen LogP contribution in [0, 0.1) is 11.2 Å². The standard InChI is InChI=1S/C23H28FN5O4/c1-23(12-30)13-32-21(33-14-23)20-27-18(15-4-6-16(24)7-5-15)19(28-20)17-8-9-25-22(26-17)31-11-10-29(2)3/h4-9,21,30H,10-14H2,1-3H3,(H,27,28). The fourth-order valence-corrected chi connectivity index (χ4v) is 3.27. The van der Waals surface area contributed by atoms with Crippen LogP contribution in [0.1, 0.15) is 19.0 Å². The number of imidazole rings is 1. The lowest BCUT2D eigenvalue weighted by molar-refractivity contribution is -0.239. The first-order valence-electron chi connectivity index (χ1n) is 10.7. The van der Waals surface area contributed by atoms with Crippen LogP contribution in [0.5, 0.6) is 6.01 Å². The Kier molecular flexibility index (Phi) is 6.99. The molecule has 1 aliphatic heterocycles. The van der Waals surface area contributed by atoms with Crippen LogP contribution in [0.4, 0.5) is 4.39 Å². The van der Waals surface area contributed by atoms with Gasteiger partial charge in [0.05, 0.1) is 36.9 Å². The molecule has 10 heteroatoms. The fraction of sp³-hybridized carbons (Fsp3) is 0.435. The summed E-state index contributed by atoms with van der Waals surface area (Å²) >= 11 is 0. The lowest BCUT2D eigenvalue weighted by atomic mass is 9.94. The van der Waals surface area contributed by atoms with Crippen LogP contribution >= 0.6 is 0 Å². The van der Waals surface area contributed by atoms with E-state index >= 15 is 0 Å². The van der Waals surface area contributed by atoms with Crippen molar-refractivity contribution in [2.24, 2.45) is 5.41 Å². The number of aromatic nitrogens is 4. The lowest BCUT2D eigenvalue weighted by Gasteiger charge is -2.35. The van der Waals surface area contributed by atoms with E-state index in [0.717, 1.165) is 6.54 Å². The summed E-state index contributed by atoms with van der Waals surface area (Å²) in [5.41, 5.74) is 2.00. The molecule has 0 spiro atoms. The third kappa shape index (κ3) is 5.53. The first kappa shape index (κ1) is 23.2. The minimum atomic E-state index is -0.727. The number of likely N-dealkylation sites (N-methyl/N-ethyl adjacent to an activating group) is 1. The zero-order chi connectivity index (χ0) is 23.4. The smallest absolute Gasteiger partial charge is 0.316 e. The van der Waals surface area contributed by atoms with Crippen molar-refractivity contribution in [1.29, 1.82) is 0 Å². The van der Waals surface area contributed by atoms with Crippen LogP contribution in [-0.4, -0.2) is 77.0 Å². The van der Waals surface area contributed by atoms with Gasteiger partial charge in [0.2, 0.25) is 6.29 Å². The maximum absolute atomic E-state index is 13.5. The Labute approximate surface area is 191 Å². The minimum Gasteiger partial charge on any atom is -0.462 e. The second-order valence-electron chi connectivity index (χ2n) is 8.65. The Morgan fingerprint density at radius 3 is 2.58 bits per heavy atom. The quantitative estimate of drug-likeness (QED) is 0.532. The number of hydrogen-bond donors (Lipinski definition) is 2. The van der Waals surface area contributed by atoms with Gasteiger partial charge in [-0.2, -0.15) is 4.98 Å². The van der Waals surface area contributed by atoms with Gasteiger partial charge in [-0.25, -0.2) is 14.4 Å². The molecule has 0 amide bonds. The van der Waals surface area contributed by atoms with E-state index in [1.54, 1.807) is 24.4 Å². The number of halogens is 1. The molecule has 1 aliphatic rings. The number of aromatic amines is 1. The van der Waals surface area contributed by atoms with Crippen LogP contribution in [-0.2, 0) is 9.47 Å². The molecule has 0 aliphatic carbocycles. The molecule has 0 atom stereocenters. The van der Waals surface area contributed by atoms with Gasteiger partial charge in [0.25, 0.3) is 0 Å². The van der Waals surface area contributed by atoms with Gasteiger partial charge in [0.15, 0.2) is 5.82 Å². The molecule has 4 rings (SSSR count). The number of H-pyrrole nitrogens is 1. The highest BCUT2D eigenvalue weighted by Crippen LogP contribution is 2.35. The maximum atomic E-state index is 13.5. The third-order valence-corrected chi connectivity index (χ3v) is 5.27. The van der Waals surface area contributed by atoms with Crippen molar-refractivity contribution >= 4 is 0 Å². The summed E-state index contributed by atoms with van der Waals surface area (Å²) in [5, 5.41) is 9.55. The average molecular weight is 458 g/mol. The minimum absolute atomic E-state index is 0.0402.